The second-order valence-corrected chi connectivity index (χ2v) is 1.65. The minimum Gasteiger partial charge on any atom is -0.504 e. The fraction of sp³-hybridized carbons (Fsp3) is 0.200. The molecule has 0 fully saturated rings. The number of rotatable bonds is 0. The van der Waals surface area contributed by atoms with Gasteiger partial charge in [0.2, 0.25) is 5.69 Å². The van der Waals surface area contributed by atoms with E-state index in [1.165, 1.54) is 10.9 Å². The summed E-state index contributed by atoms with van der Waals surface area (Å²) in [7, 11) is 1.64. The molecular formula is C5H5N3O. The van der Waals surface area contributed by atoms with Crippen LogP contribution in [0.3, 0.4) is 0 Å². The predicted molar refractivity (Wildman–Crippen MR) is 29.6 cm³/mol. The molecule has 46 valence electrons. The summed E-state index contributed by atoms with van der Waals surface area (Å²) in [5, 5.41) is 20.7. The standard InChI is InChI=1S/C5H5N3O/c1-8-3-5(9)4(2-6)7-8/h3,9H,1H3. The molecule has 0 bridgehead atoms. The summed E-state index contributed by atoms with van der Waals surface area (Å²) < 4.78 is 1.38. The molecule has 0 unspecified atom stereocenters. The maximum absolute atomic E-state index is 8.83. The molecule has 0 amide bonds. The van der Waals surface area contributed by atoms with Gasteiger partial charge in [0.15, 0.2) is 5.75 Å². The minimum absolute atomic E-state index is 0.0671. The first kappa shape index (κ1) is 5.63. The number of hydrogen-bond donors (Lipinski definition) is 1. The molecule has 0 radical (unpaired) electrons. The summed E-state index contributed by atoms with van der Waals surface area (Å²) in [6.07, 6.45) is 1.37. The van der Waals surface area contributed by atoms with Crippen molar-refractivity contribution >= 4 is 0 Å². The van der Waals surface area contributed by atoms with Gasteiger partial charge in [-0.2, -0.15) is 10.4 Å². The summed E-state index contributed by atoms with van der Waals surface area (Å²) in [6.45, 7) is 0. The molecule has 1 rings (SSSR count). The fourth-order valence-corrected chi connectivity index (χ4v) is 0.556. The molecule has 1 aromatic rings. The van der Waals surface area contributed by atoms with Crippen molar-refractivity contribution in [2.45, 2.75) is 0 Å². The van der Waals surface area contributed by atoms with Crippen molar-refractivity contribution in [2.75, 3.05) is 0 Å². The van der Waals surface area contributed by atoms with Crippen LogP contribution in [0.25, 0.3) is 0 Å². The largest absolute Gasteiger partial charge is 0.504 e. The second kappa shape index (κ2) is 1.78. The van der Waals surface area contributed by atoms with Crippen LogP contribution in [0, 0.1) is 11.3 Å². The molecular weight excluding hydrogens is 118 g/mol. The van der Waals surface area contributed by atoms with Crippen LogP contribution in [0.15, 0.2) is 6.20 Å². The van der Waals surface area contributed by atoms with Crippen LogP contribution in [-0.4, -0.2) is 14.9 Å². The zero-order valence-corrected chi connectivity index (χ0v) is 4.87. The second-order valence-electron chi connectivity index (χ2n) is 1.65. The van der Waals surface area contributed by atoms with Gasteiger partial charge in [-0.3, -0.25) is 4.68 Å². The normalized spacial score (nSPS) is 8.89. The van der Waals surface area contributed by atoms with Gasteiger partial charge in [0, 0.05) is 7.05 Å². The smallest absolute Gasteiger partial charge is 0.204 e. The Balaban J connectivity index is 3.20. The lowest BCUT2D eigenvalue weighted by atomic mass is 10.4. The highest BCUT2D eigenvalue weighted by atomic mass is 16.3. The summed E-state index contributed by atoms with van der Waals surface area (Å²) in [5.41, 5.74) is 0.0671. The molecule has 0 saturated heterocycles. The molecule has 4 nitrogen and oxygen atoms in total. The van der Waals surface area contributed by atoms with Gasteiger partial charge < -0.3 is 5.11 Å². The Morgan fingerprint density at radius 3 is 2.78 bits per heavy atom. The van der Waals surface area contributed by atoms with E-state index in [1.54, 1.807) is 13.1 Å². The summed E-state index contributed by atoms with van der Waals surface area (Å²) in [5.74, 6) is -0.0694. The molecule has 0 saturated carbocycles. The van der Waals surface area contributed by atoms with Crippen molar-refractivity contribution in [3.8, 4) is 11.8 Å². The van der Waals surface area contributed by atoms with Crippen molar-refractivity contribution in [1.29, 1.82) is 5.26 Å². The molecule has 0 spiro atoms. The maximum Gasteiger partial charge on any atom is 0.204 e. The average molecular weight is 123 g/mol. The number of nitrogens with zero attached hydrogens (tertiary/aromatic N) is 3. The van der Waals surface area contributed by atoms with Gasteiger partial charge in [-0.25, -0.2) is 0 Å². The first-order valence-corrected chi connectivity index (χ1v) is 2.36. The molecule has 0 aromatic carbocycles. The molecule has 0 aliphatic carbocycles. The molecule has 0 atom stereocenters. The number of aromatic hydroxyl groups is 1. The Kier molecular flexibility index (Phi) is 1.12. The van der Waals surface area contributed by atoms with Crippen molar-refractivity contribution in [2.24, 2.45) is 7.05 Å². The number of aryl methyl sites for hydroxylation is 1. The van der Waals surface area contributed by atoms with E-state index in [2.05, 4.69) is 5.10 Å². The van der Waals surface area contributed by atoms with E-state index in [-0.39, 0.29) is 11.4 Å². The first-order chi connectivity index (χ1) is 4.24. The van der Waals surface area contributed by atoms with E-state index in [1.807, 2.05) is 0 Å². The van der Waals surface area contributed by atoms with Crippen molar-refractivity contribution in [3.05, 3.63) is 11.9 Å². The molecule has 0 aliphatic rings. The zero-order chi connectivity index (χ0) is 6.85. The molecule has 0 aliphatic heterocycles. The first-order valence-electron chi connectivity index (χ1n) is 2.36. The van der Waals surface area contributed by atoms with Gasteiger partial charge in [0.25, 0.3) is 0 Å². The summed E-state index contributed by atoms with van der Waals surface area (Å²) in [6, 6.07) is 1.73. The highest BCUT2D eigenvalue weighted by Crippen LogP contribution is 2.10. The monoisotopic (exact) mass is 123 g/mol. The molecule has 9 heavy (non-hydrogen) atoms. The topological polar surface area (TPSA) is 61.8 Å². The van der Waals surface area contributed by atoms with Crippen LogP contribution in [0.1, 0.15) is 5.69 Å². The Hall–Kier alpha value is -1.50. The Morgan fingerprint density at radius 1 is 1.89 bits per heavy atom. The van der Waals surface area contributed by atoms with E-state index in [0.29, 0.717) is 0 Å². The molecule has 1 heterocycles. The number of aromatic nitrogens is 2. The third kappa shape index (κ3) is 0.842. The highest BCUT2D eigenvalue weighted by Gasteiger charge is 2.01. The van der Waals surface area contributed by atoms with Crippen LogP contribution in [0.5, 0.6) is 5.75 Å². The lowest BCUT2D eigenvalue weighted by Gasteiger charge is -1.77. The average Bonchev–Trinajstić information content (AvgIpc) is 2.10. The van der Waals surface area contributed by atoms with E-state index in [9.17, 15) is 0 Å². The maximum atomic E-state index is 8.83. The summed E-state index contributed by atoms with van der Waals surface area (Å²) in [4.78, 5) is 0. The van der Waals surface area contributed by atoms with Gasteiger partial charge in [-0.15, -0.1) is 0 Å². The van der Waals surface area contributed by atoms with E-state index < -0.39 is 0 Å². The zero-order valence-electron chi connectivity index (χ0n) is 4.87. The lowest BCUT2D eigenvalue weighted by molar-refractivity contribution is 0.473. The van der Waals surface area contributed by atoms with Crippen LogP contribution < -0.4 is 0 Å². The van der Waals surface area contributed by atoms with Crippen LogP contribution in [-0.2, 0) is 7.05 Å². The molecule has 4 heteroatoms. The Morgan fingerprint density at radius 2 is 2.56 bits per heavy atom. The van der Waals surface area contributed by atoms with E-state index in [4.69, 9.17) is 10.4 Å². The van der Waals surface area contributed by atoms with Gasteiger partial charge in [-0.05, 0) is 0 Å². The minimum atomic E-state index is -0.0694. The van der Waals surface area contributed by atoms with Crippen molar-refractivity contribution in [1.82, 2.24) is 9.78 Å². The highest BCUT2D eigenvalue weighted by molar-refractivity contribution is 5.33. The fourth-order valence-electron chi connectivity index (χ4n) is 0.556. The van der Waals surface area contributed by atoms with Crippen molar-refractivity contribution in [3.63, 3.8) is 0 Å². The predicted octanol–water partition coefficient (Wildman–Crippen LogP) is -0.00262. The molecule has 1 aromatic heterocycles. The van der Waals surface area contributed by atoms with Gasteiger partial charge in [0.1, 0.15) is 6.07 Å². The van der Waals surface area contributed by atoms with E-state index >= 15 is 0 Å². The van der Waals surface area contributed by atoms with E-state index in [0.717, 1.165) is 0 Å². The third-order valence-corrected chi connectivity index (χ3v) is 0.915. The van der Waals surface area contributed by atoms with Gasteiger partial charge in [0.05, 0.1) is 6.20 Å². The van der Waals surface area contributed by atoms with Crippen LogP contribution in [0.4, 0.5) is 0 Å². The SMILES string of the molecule is Cn1cc(O)c(C#N)n1. The van der Waals surface area contributed by atoms with Gasteiger partial charge >= 0.3 is 0 Å². The molecule has 1 N–H and O–H groups in total. The number of nitriles is 1. The Bertz CT molecular complexity index is 258. The van der Waals surface area contributed by atoms with Gasteiger partial charge in [-0.1, -0.05) is 0 Å². The van der Waals surface area contributed by atoms with Crippen LogP contribution >= 0.6 is 0 Å². The van der Waals surface area contributed by atoms with Crippen molar-refractivity contribution < 1.29 is 5.11 Å². The van der Waals surface area contributed by atoms with Crippen LogP contribution in [0.2, 0.25) is 0 Å². The quantitative estimate of drug-likeness (QED) is 0.528. The number of hydrogen-bond acceptors (Lipinski definition) is 3. The third-order valence-electron chi connectivity index (χ3n) is 0.915. The summed E-state index contributed by atoms with van der Waals surface area (Å²) >= 11 is 0. The lowest BCUT2D eigenvalue weighted by Crippen LogP contribution is -1.86. The Labute approximate surface area is 52.0 Å².